The Morgan fingerprint density at radius 2 is 2.03 bits per heavy atom. The largest absolute Gasteiger partial charge is 0.356 e. The molecule has 0 aromatic carbocycles. The van der Waals surface area contributed by atoms with Crippen LogP contribution in [0.3, 0.4) is 0 Å². The first-order valence-electron chi connectivity index (χ1n) is 11.6. The second-order valence-electron chi connectivity index (χ2n) is 8.80. The molecule has 1 atom stereocenters. The molecule has 12 heteroatoms. The Morgan fingerprint density at radius 3 is 2.68 bits per heavy atom. The van der Waals surface area contributed by atoms with Crippen molar-refractivity contribution in [3.63, 3.8) is 0 Å². The van der Waals surface area contributed by atoms with Crippen LogP contribution in [0.25, 0.3) is 0 Å². The lowest BCUT2D eigenvalue weighted by Gasteiger charge is -2.24. The molecule has 188 valence electrons. The second kappa shape index (κ2) is 11.1. The van der Waals surface area contributed by atoms with E-state index in [1.54, 1.807) is 23.6 Å². The number of aryl methyl sites for hydroxylation is 3. The van der Waals surface area contributed by atoms with Gasteiger partial charge in [-0.1, -0.05) is 0 Å². The first-order valence-corrected chi connectivity index (χ1v) is 13.1. The highest BCUT2D eigenvalue weighted by Crippen LogP contribution is 2.20. The van der Waals surface area contributed by atoms with Gasteiger partial charge in [0.25, 0.3) is 10.0 Å². The van der Waals surface area contributed by atoms with E-state index < -0.39 is 10.0 Å². The Kier molecular flexibility index (Phi) is 8.47. The molecule has 0 radical (unpaired) electrons. The van der Waals surface area contributed by atoms with E-state index in [9.17, 15) is 18.0 Å². The number of imidazole rings is 1. The molecule has 1 aliphatic rings. The van der Waals surface area contributed by atoms with Crippen molar-refractivity contribution >= 4 is 21.8 Å². The van der Waals surface area contributed by atoms with Gasteiger partial charge in [-0.25, -0.2) is 13.4 Å². The van der Waals surface area contributed by atoms with Crippen LogP contribution in [-0.2, 0) is 39.7 Å². The van der Waals surface area contributed by atoms with Gasteiger partial charge >= 0.3 is 0 Å². The maximum absolute atomic E-state index is 13.3. The highest BCUT2D eigenvalue weighted by molar-refractivity contribution is 7.89. The van der Waals surface area contributed by atoms with Crippen molar-refractivity contribution in [2.45, 2.75) is 57.6 Å². The molecule has 0 saturated carbocycles. The molecular formula is C22H35N7O4S. The van der Waals surface area contributed by atoms with Gasteiger partial charge in [0.1, 0.15) is 0 Å². The minimum Gasteiger partial charge on any atom is -0.356 e. The number of rotatable bonds is 6. The second-order valence-corrected chi connectivity index (χ2v) is 10.7. The number of nitrogens with zero attached hydrogens (tertiary/aromatic N) is 6. The van der Waals surface area contributed by atoms with Crippen LogP contribution < -0.4 is 5.32 Å². The van der Waals surface area contributed by atoms with Crippen molar-refractivity contribution in [3.05, 3.63) is 30.0 Å². The molecule has 0 spiro atoms. The van der Waals surface area contributed by atoms with E-state index in [0.717, 1.165) is 17.8 Å². The van der Waals surface area contributed by atoms with E-state index in [1.165, 1.54) is 16.8 Å². The van der Waals surface area contributed by atoms with Crippen molar-refractivity contribution in [3.8, 4) is 0 Å². The Hall–Kier alpha value is -2.73. The molecule has 3 heterocycles. The van der Waals surface area contributed by atoms with Crippen LogP contribution in [-0.4, -0.2) is 75.5 Å². The molecule has 11 nitrogen and oxygen atoms in total. The Balaban J connectivity index is 1.70. The van der Waals surface area contributed by atoms with E-state index in [4.69, 9.17) is 0 Å². The summed E-state index contributed by atoms with van der Waals surface area (Å²) in [4.78, 5) is 31.2. The topological polar surface area (TPSA) is 122 Å². The molecule has 0 aliphatic carbocycles. The molecule has 1 unspecified atom stereocenters. The zero-order chi connectivity index (χ0) is 24.9. The van der Waals surface area contributed by atoms with Crippen molar-refractivity contribution in [2.24, 2.45) is 13.0 Å². The van der Waals surface area contributed by atoms with Gasteiger partial charge in [-0.2, -0.15) is 9.40 Å². The third kappa shape index (κ3) is 6.23. The van der Waals surface area contributed by atoms with Gasteiger partial charge in [0.2, 0.25) is 11.8 Å². The van der Waals surface area contributed by atoms with E-state index in [2.05, 4.69) is 15.4 Å². The molecule has 1 fully saturated rings. The van der Waals surface area contributed by atoms with Crippen LogP contribution in [0, 0.1) is 12.8 Å². The normalized spacial score (nSPS) is 18.8. The van der Waals surface area contributed by atoms with Crippen LogP contribution in [0.4, 0.5) is 0 Å². The average molecular weight is 494 g/mol. The molecule has 3 rings (SSSR count). The van der Waals surface area contributed by atoms with E-state index in [-0.39, 0.29) is 42.3 Å². The fourth-order valence-corrected chi connectivity index (χ4v) is 5.58. The summed E-state index contributed by atoms with van der Waals surface area (Å²) in [6.45, 7) is 5.83. The number of carbonyl (C=O) groups is 2. The quantitative estimate of drug-likeness (QED) is 0.638. The summed E-state index contributed by atoms with van der Waals surface area (Å²) < 4.78 is 30.9. The number of aromatic nitrogens is 4. The molecule has 2 aromatic heterocycles. The molecule has 1 N–H and O–H groups in total. The highest BCUT2D eigenvalue weighted by atomic mass is 32.2. The summed E-state index contributed by atoms with van der Waals surface area (Å²) in [6, 6.07) is 0. The van der Waals surface area contributed by atoms with Crippen molar-refractivity contribution < 1.29 is 18.0 Å². The Labute approximate surface area is 201 Å². The van der Waals surface area contributed by atoms with Crippen molar-refractivity contribution in [2.75, 3.05) is 26.7 Å². The van der Waals surface area contributed by atoms with Gasteiger partial charge in [-0.05, 0) is 33.1 Å². The van der Waals surface area contributed by atoms with Gasteiger partial charge in [0.15, 0.2) is 5.03 Å². The van der Waals surface area contributed by atoms with E-state index in [1.807, 2.05) is 24.7 Å². The summed E-state index contributed by atoms with van der Waals surface area (Å²) in [6.07, 6.45) is 6.45. The predicted molar refractivity (Wildman–Crippen MR) is 126 cm³/mol. The van der Waals surface area contributed by atoms with E-state index >= 15 is 0 Å². The Bertz CT molecular complexity index is 1110. The fourth-order valence-electron chi connectivity index (χ4n) is 4.13. The third-order valence-corrected chi connectivity index (χ3v) is 7.94. The molecule has 2 amide bonds. The minimum atomic E-state index is -3.83. The van der Waals surface area contributed by atoms with Crippen molar-refractivity contribution in [1.82, 2.24) is 33.9 Å². The highest BCUT2D eigenvalue weighted by Gasteiger charge is 2.29. The van der Waals surface area contributed by atoms with E-state index in [0.29, 0.717) is 32.4 Å². The number of amides is 2. The molecule has 1 saturated heterocycles. The maximum Gasteiger partial charge on any atom is 0.262 e. The molecular weight excluding hydrogens is 458 g/mol. The lowest BCUT2D eigenvalue weighted by molar-refractivity contribution is -0.135. The summed E-state index contributed by atoms with van der Waals surface area (Å²) in [5, 5.41) is 7.23. The number of hydrogen-bond acceptors (Lipinski definition) is 6. The van der Waals surface area contributed by atoms with Gasteiger partial charge in [-0.3, -0.25) is 14.3 Å². The van der Waals surface area contributed by atoms with Crippen LogP contribution in [0.5, 0.6) is 0 Å². The number of sulfonamides is 1. The maximum atomic E-state index is 13.3. The summed E-state index contributed by atoms with van der Waals surface area (Å²) in [7, 11) is -0.355. The fraction of sp³-hybridized carbons (Fsp3) is 0.636. The summed E-state index contributed by atoms with van der Waals surface area (Å²) >= 11 is 0. The first kappa shape index (κ1) is 25.9. The third-order valence-electron chi connectivity index (χ3n) is 6.15. The van der Waals surface area contributed by atoms with Gasteiger partial charge in [-0.15, -0.1) is 0 Å². The average Bonchev–Trinajstić information content (AvgIpc) is 3.38. The standard InChI is InChI=1S/C22H35N7O4S/c1-5-28-14-19(17(2)25-28)13-27(4)22(31)18-7-6-11-29(12-9-20(30)23-10-8-18)34(32,33)21-15-26(3)16-24-21/h14-16,18H,5-13H2,1-4H3,(H,23,30). The molecule has 1 aliphatic heterocycles. The molecule has 34 heavy (non-hydrogen) atoms. The van der Waals surface area contributed by atoms with Crippen LogP contribution >= 0.6 is 0 Å². The SMILES string of the molecule is CCn1cc(CN(C)C(=O)C2CCCN(S(=O)(=O)c3cn(C)cn3)CCC(=O)NCC2)c(C)n1. The lowest BCUT2D eigenvalue weighted by atomic mass is 9.97. The van der Waals surface area contributed by atoms with Crippen LogP contribution in [0.15, 0.2) is 23.7 Å². The number of nitrogens with one attached hydrogen (secondary N) is 1. The van der Waals surface area contributed by atoms with Crippen LogP contribution in [0.1, 0.15) is 43.9 Å². The number of hydrogen-bond donors (Lipinski definition) is 1. The Morgan fingerprint density at radius 1 is 1.26 bits per heavy atom. The lowest BCUT2D eigenvalue weighted by Crippen LogP contribution is -2.36. The smallest absolute Gasteiger partial charge is 0.262 e. The van der Waals surface area contributed by atoms with Gasteiger partial charge < -0.3 is 14.8 Å². The molecule has 0 bridgehead atoms. The van der Waals surface area contributed by atoms with Crippen molar-refractivity contribution in [1.29, 1.82) is 0 Å². The van der Waals surface area contributed by atoms with Crippen LogP contribution in [0.2, 0.25) is 0 Å². The van der Waals surface area contributed by atoms with Gasteiger partial charge in [0.05, 0.1) is 12.0 Å². The predicted octanol–water partition coefficient (Wildman–Crippen LogP) is 0.901. The van der Waals surface area contributed by atoms with Gasteiger partial charge in [0, 0.05) is 77.1 Å². The zero-order valence-corrected chi connectivity index (χ0v) is 21.2. The monoisotopic (exact) mass is 493 g/mol. The minimum absolute atomic E-state index is 0.0173. The summed E-state index contributed by atoms with van der Waals surface area (Å²) in [5.74, 6) is -0.564. The number of carbonyl (C=O) groups excluding carboxylic acids is 2. The first-order chi connectivity index (χ1) is 16.1. The zero-order valence-electron chi connectivity index (χ0n) is 20.4. The summed E-state index contributed by atoms with van der Waals surface area (Å²) in [5.41, 5.74) is 1.89. The molecule has 2 aromatic rings.